The average molecular weight is 356 g/mol. The van der Waals surface area contributed by atoms with Gasteiger partial charge in [-0.15, -0.1) is 0 Å². The van der Waals surface area contributed by atoms with Gasteiger partial charge in [-0.05, 0) is 76.0 Å². The van der Waals surface area contributed by atoms with Gasteiger partial charge >= 0.3 is 0 Å². The summed E-state index contributed by atoms with van der Waals surface area (Å²) in [4.78, 5) is 5.06. The lowest BCUT2D eigenvalue weighted by atomic mass is 9.59. The first-order chi connectivity index (χ1) is 12.0. The van der Waals surface area contributed by atoms with E-state index >= 15 is 0 Å². The van der Waals surface area contributed by atoms with Gasteiger partial charge in [0.25, 0.3) is 5.92 Å². The van der Waals surface area contributed by atoms with Crippen molar-refractivity contribution in [3.63, 3.8) is 0 Å². The molecule has 4 aliphatic rings. The molecule has 1 atom stereocenters. The van der Waals surface area contributed by atoms with Crippen LogP contribution in [0.5, 0.6) is 0 Å². The Balaban J connectivity index is 1.20. The maximum atomic E-state index is 13.7. The van der Waals surface area contributed by atoms with Crippen molar-refractivity contribution in [3.8, 4) is 0 Å². The molecular weight excluding hydrogens is 320 g/mol. The van der Waals surface area contributed by atoms with Crippen LogP contribution in [0.25, 0.3) is 0 Å². The molecule has 25 heavy (non-hydrogen) atoms. The van der Waals surface area contributed by atoms with E-state index in [1.807, 2.05) is 0 Å². The molecule has 0 radical (unpaired) electrons. The third kappa shape index (κ3) is 3.89. The molecule has 1 saturated carbocycles. The molecule has 0 aromatic carbocycles. The molecule has 0 aromatic rings. The van der Waals surface area contributed by atoms with E-state index in [1.165, 1.54) is 71.2 Å². The fourth-order valence-electron chi connectivity index (χ4n) is 5.69. The van der Waals surface area contributed by atoms with E-state index in [0.717, 1.165) is 5.92 Å². The highest BCUT2D eigenvalue weighted by molar-refractivity contribution is 5.02. The number of nitrogens with zero attached hydrogens (tertiary/aromatic N) is 2. The van der Waals surface area contributed by atoms with E-state index in [4.69, 9.17) is 0 Å². The summed E-state index contributed by atoms with van der Waals surface area (Å²) in [6.45, 7) is 9.10. The summed E-state index contributed by atoms with van der Waals surface area (Å²) >= 11 is 0. The van der Waals surface area contributed by atoms with E-state index in [-0.39, 0.29) is 6.42 Å². The van der Waals surface area contributed by atoms with Gasteiger partial charge in [-0.1, -0.05) is 6.92 Å². The number of halogens is 2. The van der Waals surface area contributed by atoms with Gasteiger partial charge in [0.15, 0.2) is 0 Å². The predicted molar refractivity (Wildman–Crippen MR) is 97.0 cm³/mol. The standard InChI is InChI=1S/C20H35F2N3/c1-16-14-25(11-6-20(16,21)22)18-12-19(13-18)4-9-24(10-5-19)15-17-2-7-23-8-3-17/h16-18,23H,2-15H2,1H3. The molecule has 3 aliphatic heterocycles. The van der Waals surface area contributed by atoms with Gasteiger partial charge in [0.1, 0.15) is 0 Å². The number of piperidine rings is 3. The smallest absolute Gasteiger partial charge is 0.253 e. The van der Waals surface area contributed by atoms with Crippen molar-refractivity contribution in [1.82, 2.24) is 15.1 Å². The predicted octanol–water partition coefficient (Wildman–Crippen LogP) is 3.21. The summed E-state index contributed by atoms with van der Waals surface area (Å²) in [5.41, 5.74) is 0.540. The zero-order valence-electron chi connectivity index (χ0n) is 15.8. The Morgan fingerprint density at radius 1 is 1.00 bits per heavy atom. The molecule has 4 rings (SSSR count). The lowest BCUT2D eigenvalue weighted by Gasteiger charge is -2.57. The molecule has 1 aliphatic carbocycles. The molecule has 0 amide bonds. The van der Waals surface area contributed by atoms with Crippen LogP contribution in [0.1, 0.15) is 51.9 Å². The Morgan fingerprint density at radius 3 is 2.32 bits per heavy atom. The molecule has 1 spiro atoms. The van der Waals surface area contributed by atoms with Crippen molar-refractivity contribution in [2.75, 3.05) is 45.8 Å². The second kappa shape index (κ2) is 7.05. The number of rotatable bonds is 3. The minimum absolute atomic E-state index is 0.0572. The average Bonchev–Trinajstić information content (AvgIpc) is 2.57. The lowest BCUT2D eigenvalue weighted by Crippen LogP contribution is -2.59. The number of alkyl halides is 2. The highest BCUT2D eigenvalue weighted by atomic mass is 19.3. The minimum Gasteiger partial charge on any atom is -0.317 e. The van der Waals surface area contributed by atoms with Crippen LogP contribution in [0.3, 0.4) is 0 Å². The SMILES string of the molecule is CC1CN(C2CC3(CCN(CC4CCNCC4)CC3)C2)CCC1(F)F. The molecule has 144 valence electrons. The molecule has 3 nitrogen and oxygen atoms in total. The summed E-state index contributed by atoms with van der Waals surface area (Å²) in [7, 11) is 0. The van der Waals surface area contributed by atoms with E-state index in [2.05, 4.69) is 15.1 Å². The summed E-state index contributed by atoms with van der Waals surface area (Å²) < 4.78 is 27.4. The van der Waals surface area contributed by atoms with Crippen molar-refractivity contribution >= 4 is 0 Å². The highest BCUT2D eigenvalue weighted by Crippen LogP contribution is 2.52. The maximum Gasteiger partial charge on any atom is 0.253 e. The van der Waals surface area contributed by atoms with Crippen molar-refractivity contribution in [2.45, 2.75) is 63.8 Å². The highest BCUT2D eigenvalue weighted by Gasteiger charge is 2.50. The monoisotopic (exact) mass is 355 g/mol. The zero-order chi connectivity index (χ0) is 17.5. The fourth-order valence-corrected chi connectivity index (χ4v) is 5.69. The van der Waals surface area contributed by atoms with E-state index in [1.54, 1.807) is 6.92 Å². The Kier molecular flexibility index (Phi) is 5.11. The van der Waals surface area contributed by atoms with Gasteiger partial charge in [0, 0.05) is 38.0 Å². The maximum absolute atomic E-state index is 13.7. The van der Waals surface area contributed by atoms with Gasteiger partial charge in [-0.2, -0.15) is 0 Å². The zero-order valence-corrected chi connectivity index (χ0v) is 15.8. The molecule has 0 bridgehead atoms. The Bertz CT molecular complexity index is 448. The van der Waals surface area contributed by atoms with Crippen molar-refractivity contribution in [1.29, 1.82) is 0 Å². The van der Waals surface area contributed by atoms with Crippen molar-refractivity contribution in [2.24, 2.45) is 17.3 Å². The van der Waals surface area contributed by atoms with Gasteiger partial charge in [0.05, 0.1) is 0 Å². The van der Waals surface area contributed by atoms with Crippen LogP contribution in [0.2, 0.25) is 0 Å². The minimum atomic E-state index is -2.45. The molecule has 5 heteroatoms. The second-order valence-corrected chi connectivity index (χ2v) is 9.46. The lowest BCUT2D eigenvalue weighted by molar-refractivity contribution is -0.129. The third-order valence-corrected chi connectivity index (χ3v) is 7.71. The Morgan fingerprint density at radius 2 is 1.68 bits per heavy atom. The summed E-state index contributed by atoms with van der Waals surface area (Å²) in [5.74, 6) is -2.04. The molecule has 4 fully saturated rings. The second-order valence-electron chi connectivity index (χ2n) is 9.46. The first-order valence-corrected chi connectivity index (χ1v) is 10.5. The molecule has 3 heterocycles. The summed E-state index contributed by atoms with van der Waals surface area (Å²) in [5, 5.41) is 3.46. The van der Waals surface area contributed by atoms with Gasteiger partial charge in [0.2, 0.25) is 0 Å². The van der Waals surface area contributed by atoms with Gasteiger partial charge in [-0.25, -0.2) is 8.78 Å². The van der Waals surface area contributed by atoms with E-state index in [0.29, 0.717) is 24.5 Å². The molecule has 0 aromatic heterocycles. The van der Waals surface area contributed by atoms with Crippen LogP contribution in [0.15, 0.2) is 0 Å². The largest absolute Gasteiger partial charge is 0.317 e. The molecule has 1 N–H and O–H groups in total. The van der Waals surface area contributed by atoms with Crippen LogP contribution in [-0.4, -0.2) is 67.6 Å². The van der Waals surface area contributed by atoms with E-state index < -0.39 is 11.8 Å². The van der Waals surface area contributed by atoms with Crippen LogP contribution in [-0.2, 0) is 0 Å². The van der Waals surface area contributed by atoms with Crippen LogP contribution in [0, 0.1) is 17.3 Å². The summed E-state index contributed by atoms with van der Waals surface area (Å²) in [6.07, 6.45) is 7.89. The van der Waals surface area contributed by atoms with Gasteiger partial charge < -0.3 is 10.2 Å². The van der Waals surface area contributed by atoms with Crippen LogP contribution < -0.4 is 5.32 Å². The fraction of sp³-hybridized carbons (Fsp3) is 1.00. The first kappa shape index (κ1) is 18.1. The number of likely N-dealkylation sites (tertiary alicyclic amines) is 2. The van der Waals surface area contributed by atoms with Crippen molar-refractivity contribution < 1.29 is 8.78 Å². The third-order valence-electron chi connectivity index (χ3n) is 7.71. The van der Waals surface area contributed by atoms with Gasteiger partial charge in [-0.3, -0.25) is 4.90 Å². The quantitative estimate of drug-likeness (QED) is 0.839. The molecule has 1 unspecified atom stereocenters. The number of nitrogens with one attached hydrogen (secondary N) is 1. The van der Waals surface area contributed by atoms with Crippen LogP contribution >= 0.6 is 0 Å². The van der Waals surface area contributed by atoms with Crippen LogP contribution in [0.4, 0.5) is 8.78 Å². The van der Waals surface area contributed by atoms with E-state index in [9.17, 15) is 8.78 Å². The normalized spacial score (nSPS) is 34.9. The molecular formula is C20H35F2N3. The van der Waals surface area contributed by atoms with Crippen molar-refractivity contribution in [3.05, 3.63) is 0 Å². The summed E-state index contributed by atoms with van der Waals surface area (Å²) in [6, 6.07) is 0.578. The Labute approximate surface area is 151 Å². The first-order valence-electron chi connectivity index (χ1n) is 10.5. The Hall–Kier alpha value is -0.260. The topological polar surface area (TPSA) is 18.5 Å². The number of hydrogen-bond donors (Lipinski definition) is 1. The number of hydrogen-bond acceptors (Lipinski definition) is 3. The molecule has 3 saturated heterocycles.